The molecule has 6 N–H and O–H groups in total. The highest BCUT2D eigenvalue weighted by Gasteiger charge is 2.14. The lowest BCUT2D eigenvalue weighted by atomic mass is 10.0. The van der Waals surface area contributed by atoms with Crippen LogP contribution in [0, 0.1) is 0 Å². The molecule has 0 rings (SSSR count). The molecule has 0 saturated carbocycles. The summed E-state index contributed by atoms with van der Waals surface area (Å²) in [6, 6.07) is 0. The van der Waals surface area contributed by atoms with Crippen LogP contribution in [0.2, 0.25) is 0 Å². The molecule has 0 atom stereocenters. The molecule has 0 heterocycles. The van der Waals surface area contributed by atoms with Crippen molar-refractivity contribution < 1.29 is 29.4 Å². The Balaban J connectivity index is 4.89. The van der Waals surface area contributed by atoms with Crippen molar-refractivity contribution in [3.8, 4) is 0 Å². The van der Waals surface area contributed by atoms with Gasteiger partial charge in [0.05, 0.1) is 0 Å². The van der Waals surface area contributed by atoms with Gasteiger partial charge in [0.15, 0.2) is 0 Å². The molecule has 0 aromatic heterocycles. The van der Waals surface area contributed by atoms with Gasteiger partial charge in [-0.05, 0) is 12.8 Å². The summed E-state index contributed by atoms with van der Waals surface area (Å²) in [5.41, 5.74) is 8.89. The Labute approximate surface area is 102 Å². The molecule has 8 nitrogen and oxygen atoms in total. The summed E-state index contributed by atoms with van der Waals surface area (Å²) in [6.45, 7) is 0. The molecule has 0 bridgehead atoms. The summed E-state index contributed by atoms with van der Waals surface area (Å²) < 4.78 is 0. The molecule has 0 aliphatic heterocycles. The third kappa shape index (κ3) is 6.05. The van der Waals surface area contributed by atoms with Crippen molar-refractivity contribution in [3.05, 3.63) is 23.3 Å². The minimum absolute atomic E-state index is 0.260. The Morgan fingerprint density at radius 2 is 1.06 bits per heavy atom. The molecule has 0 aromatic carbocycles. The van der Waals surface area contributed by atoms with E-state index in [0.717, 1.165) is 0 Å². The predicted octanol–water partition coefficient (Wildman–Crippen LogP) is -1.24. The molecule has 0 saturated heterocycles. The largest absolute Gasteiger partial charge is 0.478 e. The summed E-state index contributed by atoms with van der Waals surface area (Å²) in [5, 5.41) is 17.4. The first-order valence-electron chi connectivity index (χ1n) is 4.70. The normalized spacial score (nSPS) is 12.0. The summed E-state index contributed by atoms with van der Waals surface area (Å²) in [5.74, 6) is -4.69. The van der Waals surface area contributed by atoms with E-state index < -0.39 is 23.8 Å². The third-order valence-electron chi connectivity index (χ3n) is 1.85. The van der Waals surface area contributed by atoms with Crippen LogP contribution in [-0.4, -0.2) is 34.0 Å². The molecular weight excluding hydrogens is 244 g/mol. The number of hydrogen-bond acceptors (Lipinski definition) is 4. The predicted molar refractivity (Wildman–Crippen MR) is 59.1 cm³/mol. The van der Waals surface area contributed by atoms with Crippen LogP contribution >= 0.6 is 0 Å². The first kappa shape index (κ1) is 15.4. The number of carbonyl (C=O) groups is 4. The van der Waals surface area contributed by atoms with Gasteiger partial charge in [0, 0.05) is 23.3 Å². The van der Waals surface area contributed by atoms with E-state index in [-0.39, 0.29) is 24.0 Å². The van der Waals surface area contributed by atoms with Gasteiger partial charge in [-0.15, -0.1) is 0 Å². The molecule has 0 spiro atoms. The lowest BCUT2D eigenvalue weighted by Crippen LogP contribution is -2.13. The summed E-state index contributed by atoms with van der Waals surface area (Å²) in [7, 11) is 0. The molecule has 0 unspecified atom stereocenters. The summed E-state index contributed by atoms with van der Waals surface area (Å²) in [4.78, 5) is 42.5. The molecule has 98 valence electrons. The lowest BCUT2D eigenvalue weighted by Gasteiger charge is -2.03. The molecule has 0 aliphatic rings. The van der Waals surface area contributed by atoms with Crippen LogP contribution in [-0.2, 0) is 19.2 Å². The van der Waals surface area contributed by atoms with Gasteiger partial charge in [-0.3, -0.25) is 9.59 Å². The van der Waals surface area contributed by atoms with Crippen LogP contribution in [0.5, 0.6) is 0 Å². The first-order chi connectivity index (χ1) is 8.23. The molecular formula is C10H12N2O6. The second-order valence-electron chi connectivity index (χ2n) is 3.25. The number of carboxylic acid groups (broad SMARTS) is 2. The standard InChI is InChI=1S/C10H12N2O6/c11-7(13)3-5(9(15)16)1-2-6(10(17)18)4-8(12)14/h3-4H,1-2H2,(H2,11,13)(H2,12,14)(H,15,16)(H,17,18)/b5-3-,6-4-. The van der Waals surface area contributed by atoms with E-state index in [2.05, 4.69) is 0 Å². The van der Waals surface area contributed by atoms with E-state index in [1.165, 1.54) is 0 Å². The fourth-order valence-corrected chi connectivity index (χ4v) is 1.09. The van der Waals surface area contributed by atoms with E-state index in [1.54, 1.807) is 0 Å². The molecule has 18 heavy (non-hydrogen) atoms. The second kappa shape index (κ2) is 6.84. The van der Waals surface area contributed by atoms with E-state index in [1.807, 2.05) is 0 Å². The number of carboxylic acids is 2. The second-order valence-corrected chi connectivity index (χ2v) is 3.25. The number of primary amides is 2. The number of hydrogen-bond donors (Lipinski definition) is 4. The maximum absolute atomic E-state index is 10.7. The smallest absolute Gasteiger partial charge is 0.331 e. The van der Waals surface area contributed by atoms with E-state index >= 15 is 0 Å². The van der Waals surface area contributed by atoms with Gasteiger partial charge in [0.2, 0.25) is 11.8 Å². The van der Waals surface area contributed by atoms with Crippen molar-refractivity contribution in [1.29, 1.82) is 0 Å². The highest BCUT2D eigenvalue weighted by atomic mass is 16.4. The van der Waals surface area contributed by atoms with Crippen LogP contribution in [0.3, 0.4) is 0 Å². The SMILES string of the molecule is NC(=O)/C=C(/CC/C(=C/C(N)=O)C(=O)O)C(=O)O. The van der Waals surface area contributed by atoms with E-state index in [9.17, 15) is 19.2 Å². The molecule has 2 amide bonds. The lowest BCUT2D eigenvalue weighted by molar-refractivity contribution is -0.134. The fourth-order valence-electron chi connectivity index (χ4n) is 1.09. The van der Waals surface area contributed by atoms with Crippen molar-refractivity contribution in [2.24, 2.45) is 11.5 Å². The molecule has 0 aliphatic carbocycles. The van der Waals surface area contributed by atoms with Crippen LogP contribution in [0.4, 0.5) is 0 Å². The number of amides is 2. The van der Waals surface area contributed by atoms with Crippen LogP contribution in [0.15, 0.2) is 23.3 Å². The van der Waals surface area contributed by atoms with Crippen LogP contribution < -0.4 is 11.5 Å². The quantitative estimate of drug-likeness (QED) is 0.416. The maximum atomic E-state index is 10.7. The Kier molecular flexibility index (Phi) is 5.84. The topological polar surface area (TPSA) is 161 Å². The maximum Gasteiger partial charge on any atom is 0.331 e. The minimum atomic E-state index is -1.39. The average molecular weight is 256 g/mol. The number of carbonyl (C=O) groups excluding carboxylic acids is 2. The Morgan fingerprint density at radius 1 is 0.778 bits per heavy atom. The summed E-state index contributed by atoms with van der Waals surface area (Å²) >= 11 is 0. The fraction of sp³-hybridized carbons (Fsp3) is 0.200. The Hall–Kier alpha value is -2.64. The van der Waals surface area contributed by atoms with E-state index in [4.69, 9.17) is 21.7 Å². The number of nitrogens with two attached hydrogens (primary N) is 2. The van der Waals surface area contributed by atoms with E-state index in [0.29, 0.717) is 12.2 Å². The third-order valence-corrected chi connectivity index (χ3v) is 1.85. The van der Waals surface area contributed by atoms with Gasteiger partial charge in [0.1, 0.15) is 0 Å². The van der Waals surface area contributed by atoms with Gasteiger partial charge < -0.3 is 21.7 Å². The van der Waals surface area contributed by atoms with Crippen molar-refractivity contribution in [2.45, 2.75) is 12.8 Å². The Bertz CT molecular complexity index is 407. The van der Waals surface area contributed by atoms with Gasteiger partial charge in [-0.25, -0.2) is 9.59 Å². The van der Waals surface area contributed by atoms with Gasteiger partial charge in [-0.1, -0.05) is 0 Å². The van der Waals surface area contributed by atoms with Crippen molar-refractivity contribution in [1.82, 2.24) is 0 Å². The molecule has 0 fully saturated rings. The Morgan fingerprint density at radius 3 is 1.22 bits per heavy atom. The highest BCUT2D eigenvalue weighted by Crippen LogP contribution is 2.12. The average Bonchev–Trinajstić information content (AvgIpc) is 2.20. The number of rotatable bonds is 7. The van der Waals surface area contributed by atoms with Crippen molar-refractivity contribution in [3.63, 3.8) is 0 Å². The van der Waals surface area contributed by atoms with Crippen molar-refractivity contribution >= 4 is 23.8 Å². The number of aliphatic carboxylic acids is 2. The minimum Gasteiger partial charge on any atom is -0.478 e. The first-order valence-corrected chi connectivity index (χ1v) is 4.70. The van der Waals surface area contributed by atoms with Gasteiger partial charge in [0.25, 0.3) is 0 Å². The monoisotopic (exact) mass is 256 g/mol. The molecule has 0 radical (unpaired) electrons. The summed E-state index contributed by atoms with van der Waals surface area (Å²) in [6.07, 6.45) is 0.853. The zero-order chi connectivity index (χ0) is 14.3. The van der Waals surface area contributed by atoms with Crippen molar-refractivity contribution in [2.75, 3.05) is 0 Å². The van der Waals surface area contributed by atoms with Gasteiger partial charge in [-0.2, -0.15) is 0 Å². The zero-order valence-electron chi connectivity index (χ0n) is 9.25. The molecule has 8 heteroatoms. The van der Waals surface area contributed by atoms with Crippen LogP contribution in [0.1, 0.15) is 12.8 Å². The highest BCUT2D eigenvalue weighted by molar-refractivity contribution is 5.98. The molecule has 0 aromatic rings. The van der Waals surface area contributed by atoms with Crippen LogP contribution in [0.25, 0.3) is 0 Å². The van der Waals surface area contributed by atoms with Gasteiger partial charge >= 0.3 is 11.9 Å². The zero-order valence-corrected chi connectivity index (χ0v) is 9.25.